The van der Waals surface area contributed by atoms with Gasteiger partial charge in [-0.2, -0.15) is 0 Å². The summed E-state index contributed by atoms with van der Waals surface area (Å²) in [4.78, 5) is 12.1. The molecular formula is C14H28N2O. The number of carbonyl (C=O) groups is 1. The average molecular weight is 240 g/mol. The fourth-order valence-electron chi connectivity index (χ4n) is 2.42. The molecule has 100 valence electrons. The van der Waals surface area contributed by atoms with Crippen molar-refractivity contribution in [1.29, 1.82) is 0 Å². The molecule has 0 saturated heterocycles. The Morgan fingerprint density at radius 2 is 1.94 bits per heavy atom. The van der Waals surface area contributed by atoms with Gasteiger partial charge in [-0.15, -0.1) is 0 Å². The quantitative estimate of drug-likeness (QED) is 0.779. The molecule has 1 rings (SSSR count). The Labute approximate surface area is 106 Å². The topological polar surface area (TPSA) is 55.1 Å². The molecule has 1 aliphatic rings. The highest BCUT2D eigenvalue weighted by Gasteiger charge is 2.36. The van der Waals surface area contributed by atoms with E-state index in [0.29, 0.717) is 0 Å². The molecule has 0 aromatic heterocycles. The van der Waals surface area contributed by atoms with Crippen molar-refractivity contribution < 1.29 is 4.79 Å². The van der Waals surface area contributed by atoms with Gasteiger partial charge in [-0.25, -0.2) is 0 Å². The molecule has 0 aliphatic heterocycles. The van der Waals surface area contributed by atoms with Crippen molar-refractivity contribution in [3.8, 4) is 0 Å². The molecule has 17 heavy (non-hydrogen) atoms. The molecule has 0 aromatic carbocycles. The SMILES string of the molecule is CC1(C)CCCCC1NC(=O)[C@H](N)C(C)(C)C. The van der Waals surface area contributed by atoms with E-state index >= 15 is 0 Å². The summed E-state index contributed by atoms with van der Waals surface area (Å²) in [7, 11) is 0. The molecule has 1 aliphatic carbocycles. The third-order valence-electron chi connectivity index (χ3n) is 4.04. The molecular weight excluding hydrogens is 212 g/mol. The number of nitrogens with two attached hydrogens (primary N) is 1. The van der Waals surface area contributed by atoms with Crippen LogP contribution < -0.4 is 11.1 Å². The van der Waals surface area contributed by atoms with E-state index in [0.717, 1.165) is 6.42 Å². The van der Waals surface area contributed by atoms with Crippen LogP contribution in [0.5, 0.6) is 0 Å². The Morgan fingerprint density at radius 3 is 2.41 bits per heavy atom. The van der Waals surface area contributed by atoms with Crippen LogP contribution in [0, 0.1) is 10.8 Å². The lowest BCUT2D eigenvalue weighted by molar-refractivity contribution is -0.126. The summed E-state index contributed by atoms with van der Waals surface area (Å²) >= 11 is 0. The van der Waals surface area contributed by atoms with Crippen molar-refractivity contribution in [2.45, 2.75) is 72.4 Å². The van der Waals surface area contributed by atoms with Crippen molar-refractivity contribution >= 4 is 5.91 Å². The normalized spacial score (nSPS) is 26.4. The Bertz CT molecular complexity index is 278. The maximum absolute atomic E-state index is 12.1. The molecule has 3 nitrogen and oxygen atoms in total. The fraction of sp³-hybridized carbons (Fsp3) is 0.929. The molecule has 0 radical (unpaired) electrons. The van der Waals surface area contributed by atoms with E-state index in [2.05, 4.69) is 19.2 Å². The monoisotopic (exact) mass is 240 g/mol. The molecule has 1 unspecified atom stereocenters. The first-order chi connectivity index (χ1) is 7.64. The van der Waals surface area contributed by atoms with E-state index in [1.165, 1.54) is 19.3 Å². The van der Waals surface area contributed by atoms with Crippen LogP contribution in [0.2, 0.25) is 0 Å². The van der Waals surface area contributed by atoms with Gasteiger partial charge in [0.2, 0.25) is 5.91 Å². The zero-order valence-electron chi connectivity index (χ0n) is 12.0. The molecule has 3 heteroatoms. The number of amides is 1. The summed E-state index contributed by atoms with van der Waals surface area (Å²) in [5.74, 6) is -0.00234. The van der Waals surface area contributed by atoms with E-state index in [4.69, 9.17) is 5.73 Å². The van der Waals surface area contributed by atoms with Crippen LogP contribution in [0.1, 0.15) is 60.3 Å². The van der Waals surface area contributed by atoms with Crippen molar-refractivity contribution in [2.75, 3.05) is 0 Å². The van der Waals surface area contributed by atoms with E-state index in [-0.39, 0.29) is 22.8 Å². The van der Waals surface area contributed by atoms with Gasteiger partial charge >= 0.3 is 0 Å². The van der Waals surface area contributed by atoms with Gasteiger partial charge < -0.3 is 11.1 Å². The maximum atomic E-state index is 12.1. The van der Waals surface area contributed by atoms with E-state index in [1.807, 2.05) is 20.8 Å². The van der Waals surface area contributed by atoms with Crippen LogP contribution in [0.25, 0.3) is 0 Å². The van der Waals surface area contributed by atoms with E-state index in [9.17, 15) is 4.79 Å². The largest absolute Gasteiger partial charge is 0.351 e. The molecule has 0 bridgehead atoms. The van der Waals surface area contributed by atoms with Crippen molar-refractivity contribution in [1.82, 2.24) is 5.32 Å². The summed E-state index contributed by atoms with van der Waals surface area (Å²) in [5, 5.41) is 3.15. The van der Waals surface area contributed by atoms with Gasteiger partial charge in [0.25, 0.3) is 0 Å². The second-order valence-electron chi connectivity index (χ2n) is 7.14. The van der Waals surface area contributed by atoms with E-state index in [1.54, 1.807) is 0 Å². The number of rotatable bonds is 2. The number of carbonyl (C=O) groups excluding carboxylic acids is 1. The highest BCUT2D eigenvalue weighted by molar-refractivity contribution is 5.82. The fourth-order valence-corrected chi connectivity index (χ4v) is 2.42. The lowest BCUT2D eigenvalue weighted by Gasteiger charge is -2.40. The first kappa shape index (κ1) is 14.5. The van der Waals surface area contributed by atoms with Gasteiger partial charge in [0.15, 0.2) is 0 Å². The van der Waals surface area contributed by atoms with Gasteiger partial charge in [0, 0.05) is 6.04 Å². The van der Waals surface area contributed by atoms with Gasteiger partial charge in [-0.05, 0) is 23.7 Å². The first-order valence-corrected chi connectivity index (χ1v) is 6.70. The second-order valence-corrected chi connectivity index (χ2v) is 7.14. The van der Waals surface area contributed by atoms with Crippen molar-refractivity contribution in [3.63, 3.8) is 0 Å². The van der Waals surface area contributed by atoms with Crippen LogP contribution in [0.15, 0.2) is 0 Å². The van der Waals surface area contributed by atoms with Crippen LogP contribution in [0.4, 0.5) is 0 Å². The molecule has 1 saturated carbocycles. The zero-order chi connectivity index (χ0) is 13.3. The number of hydrogen-bond acceptors (Lipinski definition) is 2. The molecule has 0 spiro atoms. The van der Waals surface area contributed by atoms with Gasteiger partial charge in [-0.3, -0.25) is 4.79 Å². The molecule has 0 aromatic rings. The van der Waals surface area contributed by atoms with Gasteiger partial charge in [0.1, 0.15) is 0 Å². The number of hydrogen-bond donors (Lipinski definition) is 2. The Morgan fingerprint density at radius 1 is 1.35 bits per heavy atom. The van der Waals surface area contributed by atoms with E-state index < -0.39 is 6.04 Å². The van der Waals surface area contributed by atoms with Crippen LogP contribution >= 0.6 is 0 Å². The first-order valence-electron chi connectivity index (χ1n) is 6.70. The maximum Gasteiger partial charge on any atom is 0.237 e. The Kier molecular flexibility index (Phi) is 4.23. The standard InChI is InChI=1S/C14H28N2O/c1-13(2,3)11(15)12(17)16-10-8-6-7-9-14(10,4)5/h10-11H,6-9,15H2,1-5H3,(H,16,17)/t10?,11-/m0/s1. The zero-order valence-corrected chi connectivity index (χ0v) is 12.0. The summed E-state index contributed by atoms with van der Waals surface area (Å²) in [5.41, 5.74) is 6.01. The molecule has 0 heterocycles. The van der Waals surface area contributed by atoms with Crippen molar-refractivity contribution in [3.05, 3.63) is 0 Å². The van der Waals surface area contributed by atoms with Crippen LogP contribution in [-0.4, -0.2) is 18.0 Å². The summed E-state index contributed by atoms with van der Waals surface area (Å²) in [6.45, 7) is 10.5. The number of nitrogens with one attached hydrogen (secondary N) is 1. The third-order valence-corrected chi connectivity index (χ3v) is 4.04. The lowest BCUT2D eigenvalue weighted by atomic mass is 9.73. The predicted molar refractivity (Wildman–Crippen MR) is 71.6 cm³/mol. The van der Waals surface area contributed by atoms with Crippen molar-refractivity contribution in [2.24, 2.45) is 16.6 Å². The third kappa shape index (κ3) is 3.70. The van der Waals surface area contributed by atoms with Crippen LogP contribution in [0.3, 0.4) is 0 Å². The van der Waals surface area contributed by atoms with Crippen LogP contribution in [-0.2, 0) is 4.79 Å². The predicted octanol–water partition coefficient (Wildman–Crippen LogP) is 2.44. The minimum absolute atomic E-state index is 0.00234. The minimum Gasteiger partial charge on any atom is -0.351 e. The summed E-state index contributed by atoms with van der Waals surface area (Å²) in [6, 6.07) is -0.155. The summed E-state index contributed by atoms with van der Waals surface area (Å²) < 4.78 is 0. The second kappa shape index (κ2) is 4.97. The molecule has 3 N–H and O–H groups in total. The highest BCUT2D eigenvalue weighted by Crippen LogP contribution is 2.35. The van der Waals surface area contributed by atoms with Gasteiger partial charge in [-0.1, -0.05) is 47.5 Å². The lowest BCUT2D eigenvalue weighted by Crippen LogP contribution is -2.55. The smallest absolute Gasteiger partial charge is 0.237 e. The molecule has 1 amide bonds. The minimum atomic E-state index is -0.430. The Balaban J connectivity index is 2.62. The van der Waals surface area contributed by atoms with Gasteiger partial charge in [0.05, 0.1) is 6.04 Å². The molecule has 2 atom stereocenters. The Hall–Kier alpha value is -0.570. The highest BCUT2D eigenvalue weighted by atomic mass is 16.2. The summed E-state index contributed by atoms with van der Waals surface area (Å²) in [6.07, 6.45) is 4.74. The average Bonchev–Trinajstić information content (AvgIpc) is 2.18. The molecule has 1 fully saturated rings.